The molecule has 0 fully saturated rings. The number of hydrogen-bond donors (Lipinski definition) is 1. The van der Waals surface area contributed by atoms with Crippen LogP contribution in [0.25, 0.3) is 16.7 Å². The molecule has 3 heterocycles. The van der Waals surface area contributed by atoms with Gasteiger partial charge in [0.1, 0.15) is 5.39 Å². The van der Waals surface area contributed by atoms with Crippen LogP contribution in [0.4, 0.5) is 11.6 Å². The highest BCUT2D eigenvalue weighted by Crippen LogP contribution is 2.39. The van der Waals surface area contributed by atoms with Gasteiger partial charge < -0.3 is 4.90 Å². The summed E-state index contributed by atoms with van der Waals surface area (Å²) < 4.78 is 1.71. The van der Waals surface area contributed by atoms with Crippen LogP contribution in [0.3, 0.4) is 0 Å². The Bertz CT molecular complexity index is 1160. The fourth-order valence-electron chi connectivity index (χ4n) is 3.61. The zero-order valence-corrected chi connectivity index (χ0v) is 14.3. The van der Waals surface area contributed by atoms with E-state index in [9.17, 15) is 4.79 Å². The van der Waals surface area contributed by atoms with E-state index in [1.165, 1.54) is 5.56 Å². The molecule has 0 spiro atoms. The second-order valence-electron chi connectivity index (χ2n) is 6.59. The number of para-hydroxylation sites is 2. The normalized spacial score (nSPS) is 16.2. The maximum absolute atomic E-state index is 12.6. The van der Waals surface area contributed by atoms with Crippen molar-refractivity contribution in [2.75, 3.05) is 11.4 Å². The molecule has 1 atom stereocenters. The van der Waals surface area contributed by atoms with Crippen molar-refractivity contribution in [3.8, 4) is 5.69 Å². The molecule has 1 aliphatic heterocycles. The van der Waals surface area contributed by atoms with Gasteiger partial charge in [-0.25, -0.2) is 4.68 Å². The smallest absolute Gasteiger partial charge is 0.263 e. The Morgan fingerprint density at radius 1 is 1.08 bits per heavy atom. The molecule has 2 aromatic carbocycles. The minimum absolute atomic E-state index is 0.177. The van der Waals surface area contributed by atoms with Gasteiger partial charge in [0, 0.05) is 18.2 Å². The molecule has 0 saturated carbocycles. The molecule has 6 heteroatoms. The molecule has 4 aromatic rings. The summed E-state index contributed by atoms with van der Waals surface area (Å²) in [5.74, 6) is 0.934. The van der Waals surface area contributed by atoms with Crippen molar-refractivity contribution in [1.82, 2.24) is 19.7 Å². The number of H-pyrrole nitrogens is 1. The summed E-state index contributed by atoms with van der Waals surface area (Å²) >= 11 is 0. The van der Waals surface area contributed by atoms with Crippen LogP contribution < -0.4 is 10.5 Å². The van der Waals surface area contributed by atoms with E-state index in [-0.39, 0.29) is 5.56 Å². The summed E-state index contributed by atoms with van der Waals surface area (Å²) in [5, 5.41) is 4.85. The number of nitrogens with one attached hydrogen (secondary N) is 1. The molecule has 1 N–H and O–H groups in total. The van der Waals surface area contributed by atoms with E-state index in [1.807, 2.05) is 42.5 Å². The van der Waals surface area contributed by atoms with Crippen molar-refractivity contribution < 1.29 is 0 Å². The van der Waals surface area contributed by atoms with E-state index in [2.05, 4.69) is 34.0 Å². The summed E-state index contributed by atoms with van der Waals surface area (Å²) in [5.41, 5.74) is 3.62. The van der Waals surface area contributed by atoms with Gasteiger partial charge in [0.15, 0.2) is 5.65 Å². The first kappa shape index (κ1) is 14.9. The Labute approximate surface area is 149 Å². The van der Waals surface area contributed by atoms with Crippen LogP contribution in [-0.2, 0) is 0 Å². The Morgan fingerprint density at radius 2 is 1.85 bits per heavy atom. The molecule has 1 aliphatic rings. The first-order chi connectivity index (χ1) is 12.7. The van der Waals surface area contributed by atoms with Crippen molar-refractivity contribution in [2.45, 2.75) is 12.8 Å². The standard InChI is InChI=1S/C20H17N5O/c1-13-12-24(17-10-6-5-9-15(13)17)20-22-18-16(19(26)23-20)11-21-25(18)14-7-3-2-4-8-14/h2-11,13H,12H2,1H3,(H,22,23,26). The first-order valence-corrected chi connectivity index (χ1v) is 8.62. The molecule has 5 rings (SSSR count). The summed E-state index contributed by atoms with van der Waals surface area (Å²) in [4.78, 5) is 22.4. The van der Waals surface area contributed by atoms with E-state index in [0.29, 0.717) is 22.9 Å². The lowest BCUT2D eigenvalue weighted by Gasteiger charge is -2.18. The van der Waals surface area contributed by atoms with Crippen molar-refractivity contribution in [3.63, 3.8) is 0 Å². The fraction of sp³-hybridized carbons (Fsp3) is 0.150. The zero-order chi connectivity index (χ0) is 17.7. The molecule has 1 unspecified atom stereocenters. The van der Waals surface area contributed by atoms with Gasteiger partial charge in [0.25, 0.3) is 5.56 Å². The van der Waals surface area contributed by atoms with E-state index in [0.717, 1.165) is 17.9 Å². The monoisotopic (exact) mass is 343 g/mol. The summed E-state index contributed by atoms with van der Waals surface area (Å²) in [7, 11) is 0. The average Bonchev–Trinajstić information content (AvgIpc) is 3.25. The second-order valence-corrected chi connectivity index (χ2v) is 6.59. The molecule has 6 nitrogen and oxygen atoms in total. The van der Waals surface area contributed by atoms with Gasteiger partial charge in [0.2, 0.25) is 5.95 Å². The quantitative estimate of drug-likeness (QED) is 0.606. The zero-order valence-electron chi connectivity index (χ0n) is 14.3. The van der Waals surface area contributed by atoms with E-state index >= 15 is 0 Å². The number of fused-ring (bicyclic) bond motifs is 2. The fourth-order valence-corrected chi connectivity index (χ4v) is 3.61. The molecule has 26 heavy (non-hydrogen) atoms. The van der Waals surface area contributed by atoms with E-state index < -0.39 is 0 Å². The van der Waals surface area contributed by atoms with Crippen LogP contribution in [0, 0.1) is 0 Å². The molecule has 2 aromatic heterocycles. The number of aromatic nitrogens is 4. The molecule has 128 valence electrons. The van der Waals surface area contributed by atoms with E-state index in [1.54, 1.807) is 10.9 Å². The van der Waals surface area contributed by atoms with Gasteiger partial charge in [-0.1, -0.05) is 43.3 Å². The van der Waals surface area contributed by atoms with Crippen LogP contribution in [0.2, 0.25) is 0 Å². The third-order valence-electron chi connectivity index (χ3n) is 4.90. The maximum Gasteiger partial charge on any atom is 0.263 e. The number of aromatic amines is 1. The molecule has 0 bridgehead atoms. The molecule has 0 radical (unpaired) electrons. The SMILES string of the molecule is CC1CN(c2nc3c(cnn3-c3ccccc3)c(=O)[nH]2)c2ccccc21. The number of rotatable bonds is 2. The minimum atomic E-state index is -0.177. The van der Waals surface area contributed by atoms with E-state index in [4.69, 9.17) is 4.98 Å². The van der Waals surface area contributed by atoms with Gasteiger partial charge in [-0.15, -0.1) is 0 Å². The van der Waals surface area contributed by atoms with Crippen LogP contribution in [-0.4, -0.2) is 26.3 Å². The van der Waals surface area contributed by atoms with Crippen LogP contribution in [0.1, 0.15) is 18.4 Å². The molecular formula is C20H17N5O. The van der Waals surface area contributed by atoms with Gasteiger partial charge in [-0.3, -0.25) is 9.78 Å². The highest BCUT2D eigenvalue weighted by Gasteiger charge is 2.28. The summed E-state index contributed by atoms with van der Waals surface area (Å²) in [6, 6.07) is 18.0. The lowest BCUT2D eigenvalue weighted by Crippen LogP contribution is -2.21. The van der Waals surface area contributed by atoms with Crippen LogP contribution in [0.15, 0.2) is 65.6 Å². The number of hydrogen-bond acceptors (Lipinski definition) is 4. The van der Waals surface area contributed by atoms with Gasteiger partial charge >= 0.3 is 0 Å². The third-order valence-corrected chi connectivity index (χ3v) is 4.90. The maximum atomic E-state index is 12.6. The highest BCUT2D eigenvalue weighted by molar-refractivity contribution is 5.78. The number of anilines is 2. The number of nitrogens with zero attached hydrogens (tertiary/aromatic N) is 4. The largest absolute Gasteiger partial charge is 0.311 e. The van der Waals surface area contributed by atoms with Crippen LogP contribution >= 0.6 is 0 Å². The molecule has 0 amide bonds. The second kappa shape index (κ2) is 5.56. The topological polar surface area (TPSA) is 66.8 Å². The molecular weight excluding hydrogens is 326 g/mol. The lowest BCUT2D eigenvalue weighted by atomic mass is 10.0. The minimum Gasteiger partial charge on any atom is -0.311 e. The molecule has 0 saturated heterocycles. The van der Waals surface area contributed by atoms with Gasteiger partial charge in [0.05, 0.1) is 11.9 Å². The lowest BCUT2D eigenvalue weighted by molar-refractivity contribution is 0.797. The van der Waals surface area contributed by atoms with Crippen molar-refractivity contribution in [3.05, 3.63) is 76.7 Å². The Morgan fingerprint density at radius 3 is 2.69 bits per heavy atom. The van der Waals surface area contributed by atoms with Gasteiger partial charge in [-0.2, -0.15) is 10.1 Å². The van der Waals surface area contributed by atoms with Crippen molar-refractivity contribution in [2.24, 2.45) is 0 Å². The van der Waals surface area contributed by atoms with Crippen molar-refractivity contribution in [1.29, 1.82) is 0 Å². The predicted molar refractivity (Wildman–Crippen MR) is 101 cm³/mol. The first-order valence-electron chi connectivity index (χ1n) is 8.62. The van der Waals surface area contributed by atoms with Gasteiger partial charge in [-0.05, 0) is 23.8 Å². The van der Waals surface area contributed by atoms with Crippen molar-refractivity contribution >= 4 is 22.7 Å². The summed E-state index contributed by atoms with van der Waals surface area (Å²) in [6.45, 7) is 2.97. The molecule has 0 aliphatic carbocycles. The Balaban J connectivity index is 1.70. The number of benzene rings is 2. The van der Waals surface area contributed by atoms with Crippen LogP contribution in [0.5, 0.6) is 0 Å². The highest BCUT2D eigenvalue weighted by atomic mass is 16.1. The average molecular weight is 343 g/mol. The summed E-state index contributed by atoms with van der Waals surface area (Å²) in [6.07, 6.45) is 1.57. The Kier molecular flexibility index (Phi) is 3.18. The Hall–Kier alpha value is -3.41. The third kappa shape index (κ3) is 2.15. The predicted octanol–water partition coefficient (Wildman–Crippen LogP) is 3.36.